The predicted molar refractivity (Wildman–Crippen MR) is 101 cm³/mol. The van der Waals surface area contributed by atoms with Crippen molar-refractivity contribution in [3.63, 3.8) is 0 Å². The van der Waals surface area contributed by atoms with Crippen LogP contribution in [-0.4, -0.2) is 52.7 Å². The van der Waals surface area contributed by atoms with E-state index in [2.05, 4.69) is 32.7 Å². The second-order valence-electron chi connectivity index (χ2n) is 7.13. The summed E-state index contributed by atoms with van der Waals surface area (Å²) in [4.78, 5) is 21.3. The Kier molecular flexibility index (Phi) is 5.38. The number of hydrogen-bond acceptors (Lipinski definition) is 5. The molecule has 1 unspecified atom stereocenters. The van der Waals surface area contributed by atoms with Gasteiger partial charge < -0.3 is 14.6 Å². The lowest BCUT2D eigenvalue weighted by atomic mass is 9.94. The Morgan fingerprint density at radius 2 is 2.27 bits per heavy atom. The monoisotopic (exact) mass is 374 g/mol. The van der Waals surface area contributed by atoms with Crippen LogP contribution in [0, 0.1) is 0 Å². The van der Waals surface area contributed by atoms with Crippen LogP contribution in [0.4, 0.5) is 0 Å². The topological polar surface area (TPSA) is 59.4 Å². The van der Waals surface area contributed by atoms with Crippen molar-refractivity contribution in [1.29, 1.82) is 0 Å². The Bertz CT molecular complexity index is 737. The van der Waals surface area contributed by atoms with Crippen LogP contribution in [0.15, 0.2) is 23.8 Å². The SMILES string of the molecule is Cn1cnc2c1C(C(=O)NCCc1cccs1)CN(C1CCOCC1)C2. The van der Waals surface area contributed by atoms with E-state index in [1.807, 2.05) is 17.9 Å². The van der Waals surface area contributed by atoms with Crippen molar-refractivity contribution >= 4 is 17.2 Å². The number of amides is 1. The third kappa shape index (κ3) is 3.70. The van der Waals surface area contributed by atoms with Crippen molar-refractivity contribution in [2.75, 3.05) is 26.3 Å². The number of imidazole rings is 1. The minimum Gasteiger partial charge on any atom is -0.381 e. The van der Waals surface area contributed by atoms with Gasteiger partial charge in [0, 0.05) is 50.8 Å². The smallest absolute Gasteiger partial charge is 0.230 e. The highest BCUT2D eigenvalue weighted by Gasteiger charge is 2.36. The first-order chi connectivity index (χ1) is 12.7. The maximum Gasteiger partial charge on any atom is 0.230 e. The van der Waals surface area contributed by atoms with E-state index in [9.17, 15) is 4.79 Å². The van der Waals surface area contributed by atoms with E-state index < -0.39 is 0 Å². The third-order valence-electron chi connectivity index (χ3n) is 5.44. The lowest BCUT2D eigenvalue weighted by Gasteiger charge is -2.39. The van der Waals surface area contributed by atoms with Crippen molar-refractivity contribution in [2.24, 2.45) is 7.05 Å². The van der Waals surface area contributed by atoms with Gasteiger partial charge in [0.25, 0.3) is 0 Å². The Hall–Kier alpha value is -1.70. The fraction of sp³-hybridized carbons (Fsp3) is 0.579. The summed E-state index contributed by atoms with van der Waals surface area (Å²) < 4.78 is 7.52. The third-order valence-corrected chi connectivity index (χ3v) is 6.37. The zero-order valence-corrected chi connectivity index (χ0v) is 16.0. The fourth-order valence-electron chi connectivity index (χ4n) is 4.06. The summed E-state index contributed by atoms with van der Waals surface area (Å²) in [5, 5.41) is 5.22. The van der Waals surface area contributed by atoms with Gasteiger partial charge in [-0.1, -0.05) is 6.07 Å². The largest absolute Gasteiger partial charge is 0.381 e. The summed E-state index contributed by atoms with van der Waals surface area (Å²) in [5.41, 5.74) is 2.12. The summed E-state index contributed by atoms with van der Waals surface area (Å²) in [6.07, 6.45) is 4.80. The average Bonchev–Trinajstić information content (AvgIpc) is 3.32. The molecule has 0 radical (unpaired) electrons. The number of carbonyl (C=O) groups excluding carboxylic acids is 1. The van der Waals surface area contributed by atoms with Gasteiger partial charge in [0.1, 0.15) is 0 Å². The molecule has 7 heteroatoms. The number of ether oxygens (including phenoxy) is 1. The molecular weight excluding hydrogens is 348 g/mol. The van der Waals surface area contributed by atoms with E-state index in [1.165, 1.54) is 4.88 Å². The van der Waals surface area contributed by atoms with Crippen molar-refractivity contribution in [2.45, 2.75) is 37.8 Å². The van der Waals surface area contributed by atoms with Gasteiger partial charge in [-0.3, -0.25) is 9.69 Å². The highest BCUT2D eigenvalue weighted by atomic mass is 32.1. The fourth-order valence-corrected chi connectivity index (χ4v) is 4.77. The van der Waals surface area contributed by atoms with Gasteiger partial charge in [0.15, 0.2) is 0 Å². The Morgan fingerprint density at radius 3 is 3.04 bits per heavy atom. The van der Waals surface area contributed by atoms with Gasteiger partial charge in [-0.05, 0) is 30.7 Å². The van der Waals surface area contributed by atoms with E-state index in [0.29, 0.717) is 12.6 Å². The summed E-state index contributed by atoms with van der Waals surface area (Å²) in [5.74, 6) is -0.0411. The van der Waals surface area contributed by atoms with Gasteiger partial charge in [-0.15, -0.1) is 11.3 Å². The first kappa shape index (κ1) is 17.7. The number of rotatable bonds is 5. The summed E-state index contributed by atoms with van der Waals surface area (Å²) >= 11 is 1.74. The minimum atomic E-state index is -0.155. The van der Waals surface area contributed by atoms with Gasteiger partial charge in [0.05, 0.1) is 23.6 Å². The van der Waals surface area contributed by atoms with E-state index in [4.69, 9.17) is 4.74 Å². The van der Waals surface area contributed by atoms with E-state index in [1.54, 1.807) is 11.3 Å². The molecule has 1 fully saturated rings. The molecule has 26 heavy (non-hydrogen) atoms. The normalized spacial score (nSPS) is 21.5. The maximum atomic E-state index is 13.0. The molecule has 4 rings (SSSR count). The molecule has 2 aliphatic rings. The predicted octanol–water partition coefficient (Wildman–Crippen LogP) is 1.92. The summed E-state index contributed by atoms with van der Waals surface area (Å²) in [6.45, 7) is 3.91. The standard InChI is InChI=1S/C19H26N4O2S/c1-22-13-21-17-12-23(14-5-8-25-9-6-14)11-16(18(17)22)19(24)20-7-4-15-3-2-10-26-15/h2-3,10,13-14,16H,4-9,11-12H2,1H3,(H,20,24). The van der Waals surface area contributed by atoms with Gasteiger partial charge >= 0.3 is 0 Å². The molecule has 0 bridgehead atoms. The van der Waals surface area contributed by atoms with Crippen LogP contribution < -0.4 is 5.32 Å². The molecule has 1 amide bonds. The first-order valence-corrected chi connectivity index (χ1v) is 10.2. The molecule has 6 nitrogen and oxygen atoms in total. The molecule has 0 aromatic carbocycles. The van der Waals surface area contributed by atoms with Crippen molar-refractivity contribution < 1.29 is 9.53 Å². The van der Waals surface area contributed by atoms with E-state index in [0.717, 1.165) is 57.0 Å². The molecule has 1 atom stereocenters. The van der Waals surface area contributed by atoms with Gasteiger partial charge in [0.2, 0.25) is 5.91 Å². The maximum absolute atomic E-state index is 13.0. The van der Waals surface area contributed by atoms with Crippen LogP contribution in [-0.2, 0) is 29.5 Å². The van der Waals surface area contributed by atoms with Crippen LogP contribution in [0.2, 0.25) is 0 Å². The van der Waals surface area contributed by atoms with Crippen LogP contribution in [0.5, 0.6) is 0 Å². The molecule has 1 saturated heterocycles. The Labute approximate surface area is 158 Å². The molecule has 2 aliphatic heterocycles. The number of aryl methyl sites for hydroxylation is 1. The highest BCUT2D eigenvalue weighted by molar-refractivity contribution is 7.09. The molecule has 4 heterocycles. The molecular formula is C19H26N4O2S. The molecule has 140 valence electrons. The van der Waals surface area contributed by atoms with Gasteiger partial charge in [-0.25, -0.2) is 4.98 Å². The Balaban J connectivity index is 1.45. The number of aromatic nitrogens is 2. The zero-order chi connectivity index (χ0) is 17.9. The Morgan fingerprint density at radius 1 is 1.42 bits per heavy atom. The highest BCUT2D eigenvalue weighted by Crippen LogP contribution is 2.30. The van der Waals surface area contributed by atoms with Crippen molar-refractivity contribution in [3.8, 4) is 0 Å². The first-order valence-electron chi connectivity index (χ1n) is 9.34. The van der Waals surface area contributed by atoms with Crippen molar-refractivity contribution in [1.82, 2.24) is 19.8 Å². The minimum absolute atomic E-state index is 0.114. The quantitative estimate of drug-likeness (QED) is 0.869. The number of nitrogens with zero attached hydrogens (tertiary/aromatic N) is 3. The van der Waals surface area contributed by atoms with Crippen LogP contribution in [0.25, 0.3) is 0 Å². The molecule has 2 aromatic rings. The van der Waals surface area contributed by atoms with Crippen LogP contribution in [0.3, 0.4) is 0 Å². The molecule has 2 aromatic heterocycles. The van der Waals surface area contributed by atoms with Crippen LogP contribution >= 0.6 is 11.3 Å². The number of hydrogen-bond donors (Lipinski definition) is 1. The second kappa shape index (κ2) is 7.90. The second-order valence-corrected chi connectivity index (χ2v) is 8.17. The molecule has 0 spiro atoms. The van der Waals surface area contributed by atoms with Crippen molar-refractivity contribution in [3.05, 3.63) is 40.1 Å². The lowest BCUT2D eigenvalue weighted by molar-refractivity contribution is -0.123. The van der Waals surface area contributed by atoms with E-state index in [-0.39, 0.29) is 11.8 Å². The number of thiophene rings is 1. The molecule has 1 N–H and O–H groups in total. The van der Waals surface area contributed by atoms with Gasteiger partial charge in [-0.2, -0.15) is 0 Å². The summed E-state index contributed by atoms with van der Waals surface area (Å²) in [7, 11) is 1.99. The number of carbonyl (C=O) groups is 1. The summed E-state index contributed by atoms with van der Waals surface area (Å²) in [6, 6.07) is 4.65. The molecule has 0 saturated carbocycles. The molecule has 0 aliphatic carbocycles. The average molecular weight is 375 g/mol. The van der Waals surface area contributed by atoms with E-state index >= 15 is 0 Å². The lowest BCUT2D eigenvalue weighted by Crippen LogP contribution is -2.47. The van der Waals surface area contributed by atoms with Crippen LogP contribution in [0.1, 0.15) is 35.0 Å². The number of nitrogens with one attached hydrogen (secondary N) is 1. The zero-order valence-electron chi connectivity index (χ0n) is 15.2. The number of fused-ring (bicyclic) bond motifs is 1.